The van der Waals surface area contributed by atoms with E-state index < -0.39 is 10.0 Å². The summed E-state index contributed by atoms with van der Waals surface area (Å²) in [6.45, 7) is 10.3. The Hall–Kier alpha value is -0.130. The van der Waals surface area contributed by atoms with Crippen molar-refractivity contribution in [3.63, 3.8) is 0 Å². The zero-order chi connectivity index (χ0) is 19.5. The van der Waals surface area contributed by atoms with Gasteiger partial charge >= 0.3 is 0 Å². The predicted molar refractivity (Wildman–Crippen MR) is 124 cm³/mol. The van der Waals surface area contributed by atoms with Crippen molar-refractivity contribution in [1.82, 2.24) is 14.5 Å². The lowest BCUT2D eigenvalue weighted by molar-refractivity contribution is 0.0904. The van der Waals surface area contributed by atoms with Gasteiger partial charge in [-0.05, 0) is 57.8 Å². The normalized spacial score (nSPS) is 22.9. The second kappa shape index (κ2) is 10.3. The van der Waals surface area contributed by atoms with Crippen LogP contribution >= 0.6 is 24.0 Å². The highest BCUT2D eigenvalue weighted by molar-refractivity contribution is 14.0. The number of ether oxygens (including phenoxy) is 1. The van der Waals surface area contributed by atoms with Crippen LogP contribution in [-0.4, -0.2) is 81.3 Å². The monoisotopic (exact) mass is 528 g/mol. The molecule has 3 rings (SSSR count). The lowest BCUT2D eigenvalue weighted by atomic mass is 10.0. The second-order valence-electron chi connectivity index (χ2n) is 8.43. The lowest BCUT2D eigenvalue weighted by Gasteiger charge is -2.36. The van der Waals surface area contributed by atoms with Gasteiger partial charge in [-0.1, -0.05) is 0 Å². The van der Waals surface area contributed by atoms with Crippen molar-refractivity contribution in [2.24, 2.45) is 16.3 Å². The van der Waals surface area contributed by atoms with E-state index in [1.165, 1.54) is 25.7 Å². The fourth-order valence-electron chi connectivity index (χ4n) is 3.91. The van der Waals surface area contributed by atoms with E-state index >= 15 is 0 Å². The smallest absolute Gasteiger partial charge is 0.216 e. The highest BCUT2D eigenvalue weighted by Gasteiger charge is 2.53. The summed E-state index contributed by atoms with van der Waals surface area (Å²) < 4.78 is 32.0. The molecule has 3 fully saturated rings. The number of nitrogens with one attached hydrogen (secondary N) is 1. The summed E-state index contributed by atoms with van der Waals surface area (Å²) in [5.41, 5.74) is 0.488. The van der Waals surface area contributed by atoms with Gasteiger partial charge in [-0.2, -0.15) is 4.31 Å². The third-order valence-electron chi connectivity index (χ3n) is 5.94. The first-order valence-corrected chi connectivity index (χ1v) is 12.1. The number of hydrogen-bond donors (Lipinski definition) is 1. The molecule has 164 valence electrons. The van der Waals surface area contributed by atoms with Crippen molar-refractivity contribution >= 4 is 40.0 Å². The first-order valence-electron chi connectivity index (χ1n) is 10.5. The fourth-order valence-corrected chi connectivity index (χ4v) is 5.19. The van der Waals surface area contributed by atoms with E-state index in [9.17, 15) is 8.42 Å². The van der Waals surface area contributed by atoms with Crippen molar-refractivity contribution < 1.29 is 13.2 Å². The van der Waals surface area contributed by atoms with Gasteiger partial charge in [0.2, 0.25) is 10.0 Å². The molecule has 0 amide bonds. The van der Waals surface area contributed by atoms with Gasteiger partial charge in [-0.3, -0.25) is 4.99 Å². The van der Waals surface area contributed by atoms with Crippen LogP contribution in [0.25, 0.3) is 0 Å². The first kappa shape index (κ1) is 24.1. The Morgan fingerprint density at radius 1 is 1.21 bits per heavy atom. The molecule has 1 aliphatic heterocycles. The number of halogens is 1. The number of aliphatic imine (C=N–C) groups is 1. The summed E-state index contributed by atoms with van der Waals surface area (Å²) in [6, 6.07) is 0. The summed E-state index contributed by atoms with van der Waals surface area (Å²) in [5.74, 6) is 1.91. The summed E-state index contributed by atoms with van der Waals surface area (Å²) in [7, 11) is -3.25. The fraction of sp³-hybridized carbons (Fsp3) is 0.947. The standard InChI is InChI=1S/C19H36N4O3S.HI/c1-4-20-18(21-15-19(7-8-19)17-5-6-17)22-9-11-23(12-10-22)27(24,25)14-13-26-16(2)3;/h16-17H,4-15H2,1-3H3,(H,20,21);1H. The number of hydrogen-bond acceptors (Lipinski definition) is 4. The molecule has 3 aliphatic rings. The number of sulfonamides is 1. The number of guanidine groups is 1. The number of piperazine rings is 1. The average molecular weight is 529 g/mol. The van der Waals surface area contributed by atoms with Crippen LogP contribution in [0.2, 0.25) is 0 Å². The van der Waals surface area contributed by atoms with E-state index in [1.54, 1.807) is 4.31 Å². The first-order chi connectivity index (χ1) is 12.9. The van der Waals surface area contributed by atoms with Crippen LogP contribution in [-0.2, 0) is 14.8 Å². The maximum Gasteiger partial charge on any atom is 0.216 e. The Bertz CT molecular complexity index is 625. The Balaban J connectivity index is 0.00000280. The third-order valence-corrected chi connectivity index (χ3v) is 7.77. The van der Waals surface area contributed by atoms with Gasteiger partial charge in [0.15, 0.2) is 5.96 Å². The average Bonchev–Trinajstić information content (AvgIpc) is 3.52. The highest BCUT2D eigenvalue weighted by Crippen LogP contribution is 2.61. The zero-order valence-corrected chi connectivity index (χ0v) is 20.7. The molecule has 2 saturated carbocycles. The predicted octanol–water partition coefficient (Wildman–Crippen LogP) is 2.13. The second-order valence-corrected chi connectivity index (χ2v) is 10.5. The van der Waals surface area contributed by atoms with Crippen LogP contribution in [0.1, 0.15) is 46.5 Å². The van der Waals surface area contributed by atoms with Gasteiger partial charge in [-0.25, -0.2) is 8.42 Å². The molecule has 0 aromatic carbocycles. The van der Waals surface area contributed by atoms with Gasteiger partial charge < -0.3 is 15.0 Å². The van der Waals surface area contributed by atoms with Crippen LogP contribution in [0, 0.1) is 11.3 Å². The van der Waals surface area contributed by atoms with E-state index in [4.69, 9.17) is 9.73 Å². The summed E-state index contributed by atoms with van der Waals surface area (Å²) in [6.07, 6.45) is 5.46. The molecule has 0 aromatic heterocycles. The minimum atomic E-state index is -3.25. The van der Waals surface area contributed by atoms with Gasteiger partial charge in [-0.15, -0.1) is 24.0 Å². The summed E-state index contributed by atoms with van der Waals surface area (Å²) in [4.78, 5) is 7.14. The molecule has 0 unspecified atom stereocenters. The Morgan fingerprint density at radius 3 is 2.36 bits per heavy atom. The van der Waals surface area contributed by atoms with E-state index in [2.05, 4.69) is 17.1 Å². The van der Waals surface area contributed by atoms with E-state index in [1.807, 2.05) is 13.8 Å². The van der Waals surface area contributed by atoms with E-state index in [0.29, 0.717) is 31.6 Å². The van der Waals surface area contributed by atoms with Crippen molar-refractivity contribution in [3.05, 3.63) is 0 Å². The largest absolute Gasteiger partial charge is 0.378 e. The van der Waals surface area contributed by atoms with Gasteiger partial charge in [0.05, 0.1) is 18.5 Å². The van der Waals surface area contributed by atoms with Gasteiger partial charge in [0, 0.05) is 39.3 Å². The van der Waals surface area contributed by atoms with Crippen molar-refractivity contribution in [1.29, 1.82) is 0 Å². The summed E-state index contributed by atoms with van der Waals surface area (Å²) in [5, 5.41) is 3.40. The molecule has 9 heteroatoms. The molecule has 0 radical (unpaired) electrons. The number of nitrogens with zero attached hydrogens (tertiary/aromatic N) is 3. The Kier molecular flexibility index (Phi) is 8.84. The van der Waals surface area contributed by atoms with Crippen LogP contribution in [0.4, 0.5) is 0 Å². The number of rotatable bonds is 9. The van der Waals surface area contributed by atoms with Gasteiger partial charge in [0.1, 0.15) is 0 Å². The molecule has 2 aliphatic carbocycles. The molecule has 7 nitrogen and oxygen atoms in total. The Morgan fingerprint density at radius 2 is 1.86 bits per heavy atom. The molecule has 0 bridgehead atoms. The van der Waals surface area contributed by atoms with Crippen molar-refractivity contribution in [2.45, 2.75) is 52.6 Å². The van der Waals surface area contributed by atoms with E-state index in [0.717, 1.165) is 25.0 Å². The molecule has 0 spiro atoms. The molecule has 1 heterocycles. The topological polar surface area (TPSA) is 74.2 Å². The minimum Gasteiger partial charge on any atom is -0.378 e. The van der Waals surface area contributed by atoms with Crippen molar-refractivity contribution in [2.75, 3.05) is 51.6 Å². The highest BCUT2D eigenvalue weighted by atomic mass is 127. The third kappa shape index (κ3) is 6.43. The minimum absolute atomic E-state index is 0. The van der Waals surface area contributed by atoms with Crippen LogP contribution in [0.5, 0.6) is 0 Å². The maximum absolute atomic E-state index is 12.5. The summed E-state index contributed by atoms with van der Waals surface area (Å²) >= 11 is 0. The van der Waals surface area contributed by atoms with E-state index in [-0.39, 0.29) is 42.4 Å². The van der Waals surface area contributed by atoms with Gasteiger partial charge in [0.25, 0.3) is 0 Å². The molecule has 1 saturated heterocycles. The molecular formula is C19H37IN4O3S. The maximum atomic E-state index is 12.5. The quantitative estimate of drug-likeness (QED) is 0.282. The SMILES string of the molecule is CCNC(=NCC1(C2CC2)CC1)N1CCN(S(=O)(=O)CCOC(C)C)CC1.I. The molecule has 28 heavy (non-hydrogen) atoms. The van der Waals surface area contributed by atoms with Crippen LogP contribution in [0.3, 0.4) is 0 Å². The van der Waals surface area contributed by atoms with Crippen molar-refractivity contribution in [3.8, 4) is 0 Å². The Labute approximate surface area is 187 Å². The molecule has 0 atom stereocenters. The van der Waals surface area contributed by atoms with Crippen LogP contribution < -0.4 is 5.32 Å². The molecular weight excluding hydrogens is 491 g/mol. The lowest BCUT2D eigenvalue weighted by Crippen LogP contribution is -2.54. The molecule has 0 aromatic rings. The van der Waals surface area contributed by atoms with Crippen LogP contribution in [0.15, 0.2) is 4.99 Å². The zero-order valence-electron chi connectivity index (χ0n) is 17.5. The molecule has 1 N–H and O–H groups in total.